The third-order valence-electron chi connectivity index (χ3n) is 5.95. The Hall–Kier alpha value is -2.08. The van der Waals surface area contributed by atoms with Crippen LogP contribution in [-0.2, 0) is 4.74 Å². The van der Waals surface area contributed by atoms with Crippen molar-refractivity contribution < 1.29 is 13.9 Å². The lowest BCUT2D eigenvalue weighted by Gasteiger charge is -2.63. The minimum absolute atomic E-state index is 0.0786. The van der Waals surface area contributed by atoms with Gasteiger partial charge in [0.2, 0.25) is 0 Å². The summed E-state index contributed by atoms with van der Waals surface area (Å²) in [5.74, 6) is -0.667. The van der Waals surface area contributed by atoms with Crippen molar-refractivity contribution in [1.29, 1.82) is 0 Å². The van der Waals surface area contributed by atoms with E-state index < -0.39 is 5.82 Å². The van der Waals surface area contributed by atoms with Crippen LogP contribution in [0.3, 0.4) is 0 Å². The zero-order valence-corrected chi connectivity index (χ0v) is 14.5. The van der Waals surface area contributed by atoms with Gasteiger partial charge in [0.25, 0.3) is 5.91 Å². The van der Waals surface area contributed by atoms with Gasteiger partial charge in [-0.2, -0.15) is 0 Å². The summed E-state index contributed by atoms with van der Waals surface area (Å²) in [4.78, 5) is 23.2. The zero-order valence-electron chi connectivity index (χ0n) is 14.5. The van der Waals surface area contributed by atoms with Gasteiger partial charge in [-0.15, -0.1) is 0 Å². The van der Waals surface area contributed by atoms with E-state index in [-0.39, 0.29) is 29.0 Å². The van der Waals surface area contributed by atoms with Crippen LogP contribution in [-0.4, -0.2) is 46.6 Å². The lowest BCUT2D eigenvalue weighted by atomic mass is 9.50. The molecule has 1 heterocycles. The highest BCUT2D eigenvalue weighted by Crippen LogP contribution is 2.59. The molecule has 2 atom stereocenters. The van der Waals surface area contributed by atoms with E-state index in [2.05, 4.69) is 9.97 Å². The van der Waals surface area contributed by atoms with Gasteiger partial charge in [-0.25, -0.2) is 4.39 Å². The maximum Gasteiger partial charge on any atom is 0.256 e. The molecule has 4 rings (SSSR count). The fourth-order valence-corrected chi connectivity index (χ4v) is 4.48. The van der Waals surface area contributed by atoms with Crippen LogP contribution in [0.25, 0.3) is 11.0 Å². The molecule has 25 heavy (non-hydrogen) atoms. The van der Waals surface area contributed by atoms with Gasteiger partial charge < -0.3 is 9.64 Å². The average molecular weight is 343 g/mol. The molecule has 2 unspecified atom stereocenters. The first kappa shape index (κ1) is 16.4. The van der Waals surface area contributed by atoms with E-state index in [0.29, 0.717) is 17.6 Å². The summed E-state index contributed by atoms with van der Waals surface area (Å²) in [5.41, 5.74) is 1.21. The Morgan fingerprint density at radius 3 is 2.80 bits per heavy atom. The van der Waals surface area contributed by atoms with Crippen molar-refractivity contribution in [3.63, 3.8) is 0 Å². The Morgan fingerprint density at radius 2 is 2.12 bits per heavy atom. The molecule has 0 N–H and O–H groups in total. The molecule has 132 valence electrons. The third kappa shape index (κ3) is 2.42. The normalized spacial score (nSPS) is 24.0. The minimum atomic E-state index is -0.469. The predicted molar refractivity (Wildman–Crippen MR) is 91.7 cm³/mol. The van der Waals surface area contributed by atoms with E-state index in [0.717, 1.165) is 19.3 Å². The summed E-state index contributed by atoms with van der Waals surface area (Å²) in [7, 11) is 1.81. The summed E-state index contributed by atoms with van der Waals surface area (Å²) >= 11 is 0. The zero-order chi connectivity index (χ0) is 17.6. The van der Waals surface area contributed by atoms with Crippen LogP contribution >= 0.6 is 0 Å². The Labute approximate surface area is 146 Å². The maximum atomic E-state index is 14.0. The smallest absolute Gasteiger partial charge is 0.256 e. The number of benzene rings is 1. The molecular weight excluding hydrogens is 321 g/mol. The van der Waals surface area contributed by atoms with E-state index in [9.17, 15) is 9.18 Å². The summed E-state index contributed by atoms with van der Waals surface area (Å²) < 4.78 is 19.8. The lowest BCUT2D eigenvalue weighted by Crippen LogP contribution is -2.67. The van der Waals surface area contributed by atoms with Gasteiger partial charge in [0.15, 0.2) is 0 Å². The number of fused-ring (bicyclic) bond motifs is 1. The summed E-state index contributed by atoms with van der Waals surface area (Å²) in [6.07, 6.45) is 7.45. The fourth-order valence-electron chi connectivity index (χ4n) is 4.48. The molecule has 0 bridgehead atoms. The number of hydrogen-bond acceptors (Lipinski definition) is 4. The van der Waals surface area contributed by atoms with Crippen LogP contribution in [0.15, 0.2) is 24.5 Å². The number of aromatic nitrogens is 2. The van der Waals surface area contributed by atoms with Crippen molar-refractivity contribution in [2.24, 2.45) is 5.41 Å². The van der Waals surface area contributed by atoms with Gasteiger partial charge in [0.1, 0.15) is 11.3 Å². The molecule has 0 radical (unpaired) electrons. The highest BCUT2D eigenvalue weighted by atomic mass is 19.1. The molecule has 6 heteroatoms. The van der Waals surface area contributed by atoms with E-state index in [1.54, 1.807) is 4.90 Å². The van der Waals surface area contributed by atoms with Crippen LogP contribution < -0.4 is 0 Å². The Morgan fingerprint density at radius 1 is 1.36 bits per heavy atom. The van der Waals surface area contributed by atoms with Crippen LogP contribution in [0.1, 0.15) is 43.0 Å². The van der Waals surface area contributed by atoms with Crippen molar-refractivity contribution in [2.45, 2.75) is 44.8 Å². The largest absolute Gasteiger partial charge is 0.378 e. The molecule has 2 aliphatic rings. The molecule has 2 saturated carbocycles. The van der Waals surface area contributed by atoms with E-state index >= 15 is 0 Å². The van der Waals surface area contributed by atoms with Crippen LogP contribution in [0, 0.1) is 11.2 Å². The molecule has 0 saturated heterocycles. The SMILES string of the molecule is CCOC1CC(N(C)C(=O)c2cc(F)cc3nccnc23)C12CCC2. The van der Waals surface area contributed by atoms with Gasteiger partial charge in [-0.1, -0.05) is 6.42 Å². The second-order valence-electron chi connectivity index (χ2n) is 7.08. The molecule has 2 aromatic rings. The van der Waals surface area contributed by atoms with Crippen LogP contribution in [0.5, 0.6) is 0 Å². The van der Waals surface area contributed by atoms with Crippen LogP contribution in [0.4, 0.5) is 4.39 Å². The third-order valence-corrected chi connectivity index (χ3v) is 5.95. The topological polar surface area (TPSA) is 55.3 Å². The Bertz CT molecular complexity index is 821. The van der Waals surface area contributed by atoms with Crippen molar-refractivity contribution in [2.75, 3.05) is 13.7 Å². The van der Waals surface area contributed by atoms with Crippen molar-refractivity contribution in [1.82, 2.24) is 14.9 Å². The number of nitrogens with zero attached hydrogens (tertiary/aromatic N) is 3. The van der Waals surface area contributed by atoms with Gasteiger partial charge in [0, 0.05) is 43.6 Å². The van der Waals surface area contributed by atoms with E-state index in [1.165, 1.54) is 30.9 Å². The number of amides is 1. The Kier molecular flexibility index (Phi) is 3.95. The molecule has 1 aromatic heterocycles. The van der Waals surface area contributed by atoms with Gasteiger partial charge in [0.05, 0.1) is 17.2 Å². The molecule has 1 amide bonds. The number of carbonyl (C=O) groups excluding carboxylic acids is 1. The highest BCUT2D eigenvalue weighted by Gasteiger charge is 2.61. The fraction of sp³-hybridized carbons (Fsp3) is 0.526. The Balaban J connectivity index is 1.64. The molecule has 2 fully saturated rings. The maximum absolute atomic E-state index is 14.0. The van der Waals surface area contributed by atoms with Gasteiger partial charge in [-0.05, 0) is 32.3 Å². The van der Waals surface area contributed by atoms with Gasteiger partial charge in [-0.3, -0.25) is 14.8 Å². The predicted octanol–water partition coefficient (Wildman–Crippen LogP) is 3.19. The summed E-state index contributed by atoms with van der Waals surface area (Å²) in [5, 5.41) is 0. The van der Waals surface area contributed by atoms with E-state index in [1.807, 2.05) is 14.0 Å². The van der Waals surface area contributed by atoms with Gasteiger partial charge >= 0.3 is 0 Å². The minimum Gasteiger partial charge on any atom is -0.378 e. The van der Waals surface area contributed by atoms with Crippen LogP contribution in [0.2, 0.25) is 0 Å². The van der Waals surface area contributed by atoms with E-state index in [4.69, 9.17) is 4.74 Å². The molecule has 1 aromatic carbocycles. The monoisotopic (exact) mass is 343 g/mol. The number of carbonyl (C=O) groups is 1. The summed E-state index contributed by atoms with van der Waals surface area (Å²) in [6.45, 7) is 2.70. The second kappa shape index (κ2) is 6.02. The highest BCUT2D eigenvalue weighted by molar-refractivity contribution is 6.04. The molecule has 2 aliphatic carbocycles. The first-order valence-electron chi connectivity index (χ1n) is 8.86. The first-order valence-corrected chi connectivity index (χ1v) is 8.86. The summed E-state index contributed by atoms with van der Waals surface area (Å²) in [6, 6.07) is 2.71. The number of rotatable bonds is 4. The molecule has 5 nitrogen and oxygen atoms in total. The first-order chi connectivity index (χ1) is 12.1. The number of ether oxygens (including phenoxy) is 1. The molecular formula is C19H22FN3O2. The lowest BCUT2D eigenvalue weighted by molar-refractivity contribution is -0.192. The molecule has 1 spiro atoms. The molecule has 0 aliphatic heterocycles. The van der Waals surface area contributed by atoms with Crippen molar-refractivity contribution in [3.05, 3.63) is 35.9 Å². The number of halogens is 1. The quantitative estimate of drug-likeness (QED) is 0.855. The van der Waals surface area contributed by atoms with Crippen molar-refractivity contribution >= 4 is 16.9 Å². The second-order valence-corrected chi connectivity index (χ2v) is 7.08. The number of hydrogen-bond donors (Lipinski definition) is 0. The average Bonchev–Trinajstić information content (AvgIpc) is 2.54. The van der Waals surface area contributed by atoms with Crippen molar-refractivity contribution in [3.8, 4) is 0 Å². The standard InChI is InChI=1S/C19H22FN3O2/c1-3-25-16-11-15(19(16)5-4-6-19)23(2)18(24)13-9-12(20)10-14-17(13)22-8-7-21-14/h7-10,15-16H,3-6,11H2,1-2H3.